The van der Waals surface area contributed by atoms with Crippen LogP contribution in [-0.2, 0) is 4.74 Å². The van der Waals surface area contributed by atoms with E-state index in [0.29, 0.717) is 18.4 Å². The Morgan fingerprint density at radius 1 is 1.25 bits per heavy atom. The van der Waals surface area contributed by atoms with E-state index < -0.39 is 41.3 Å². The number of hydrogen-bond donors (Lipinski definition) is 3. The number of benzene rings is 1. The minimum Gasteiger partial charge on any atom is -0.444 e. The average molecular weight is 401 g/mol. The lowest BCUT2D eigenvalue weighted by Gasteiger charge is -2.28. The summed E-state index contributed by atoms with van der Waals surface area (Å²) in [5.74, 6) is -1.62. The second-order valence-electron chi connectivity index (χ2n) is 8.13. The molecule has 0 aromatic heterocycles. The van der Waals surface area contributed by atoms with Gasteiger partial charge in [0.25, 0.3) is 0 Å². The number of carbonyl (C=O) groups excluding carboxylic acids is 1. The number of ether oxygens (including phenoxy) is 1. The zero-order chi connectivity index (χ0) is 21.6. The molecule has 0 spiro atoms. The Morgan fingerprint density at radius 2 is 1.79 bits per heavy atom. The van der Waals surface area contributed by atoms with Crippen LogP contribution in [0, 0.1) is 11.6 Å². The third-order valence-electron chi connectivity index (χ3n) is 4.30. The molecule has 28 heavy (non-hydrogen) atoms. The zero-order valence-electron chi connectivity index (χ0n) is 17.8. The van der Waals surface area contributed by atoms with Crippen LogP contribution >= 0.6 is 0 Å². The van der Waals surface area contributed by atoms with Crippen molar-refractivity contribution in [3.63, 3.8) is 0 Å². The van der Waals surface area contributed by atoms with Crippen molar-refractivity contribution in [2.45, 2.75) is 71.4 Å². The number of anilines is 1. The molecule has 1 aromatic rings. The summed E-state index contributed by atoms with van der Waals surface area (Å²) in [6.45, 7) is 8.86. The van der Waals surface area contributed by atoms with E-state index in [1.807, 2.05) is 32.8 Å². The van der Waals surface area contributed by atoms with E-state index in [1.165, 1.54) is 12.1 Å². The monoisotopic (exact) mass is 401 g/mol. The van der Waals surface area contributed by atoms with Gasteiger partial charge in [0, 0.05) is 6.04 Å². The molecule has 1 unspecified atom stereocenters. The Hall–Kier alpha value is -1.93. The van der Waals surface area contributed by atoms with Crippen molar-refractivity contribution in [1.29, 1.82) is 0 Å². The first-order valence-electron chi connectivity index (χ1n) is 9.45. The number of carbonyl (C=O) groups is 1. The summed E-state index contributed by atoms with van der Waals surface area (Å²) in [7, 11) is 3.63. The molecule has 0 radical (unpaired) electrons. The van der Waals surface area contributed by atoms with E-state index in [1.54, 1.807) is 20.8 Å². The molecule has 0 aliphatic heterocycles. The lowest BCUT2D eigenvalue weighted by molar-refractivity contribution is 0.0437. The van der Waals surface area contributed by atoms with E-state index in [4.69, 9.17) is 4.74 Å². The second kappa shape index (κ2) is 10.0. The first-order valence-corrected chi connectivity index (χ1v) is 9.45. The number of amides is 1. The van der Waals surface area contributed by atoms with Crippen molar-refractivity contribution in [2.24, 2.45) is 0 Å². The second-order valence-corrected chi connectivity index (χ2v) is 8.13. The fraction of sp³-hybridized carbons (Fsp3) is 0.650. The number of nitrogens with one attached hydrogen (secondary N) is 2. The fourth-order valence-electron chi connectivity index (χ4n) is 2.60. The highest BCUT2D eigenvalue weighted by molar-refractivity contribution is 5.68. The number of hydrogen-bond acceptors (Lipinski definition) is 5. The Morgan fingerprint density at radius 3 is 2.21 bits per heavy atom. The highest BCUT2D eigenvalue weighted by Gasteiger charge is 2.26. The van der Waals surface area contributed by atoms with Gasteiger partial charge in [-0.05, 0) is 65.9 Å². The third-order valence-corrected chi connectivity index (χ3v) is 4.30. The predicted molar refractivity (Wildman–Crippen MR) is 106 cm³/mol. The Balaban J connectivity index is 2.95. The average Bonchev–Trinajstić information content (AvgIpc) is 2.54. The molecule has 0 saturated heterocycles. The topological polar surface area (TPSA) is 73.8 Å². The normalized spacial score (nSPS) is 15.1. The molecule has 1 aromatic carbocycles. The molecule has 3 N–H and O–H groups in total. The van der Waals surface area contributed by atoms with Gasteiger partial charge in [-0.2, -0.15) is 0 Å². The van der Waals surface area contributed by atoms with Gasteiger partial charge in [-0.25, -0.2) is 13.6 Å². The van der Waals surface area contributed by atoms with Crippen LogP contribution in [0.2, 0.25) is 0 Å². The summed E-state index contributed by atoms with van der Waals surface area (Å²) in [6, 6.07) is 1.52. The zero-order valence-corrected chi connectivity index (χ0v) is 17.8. The van der Waals surface area contributed by atoms with Gasteiger partial charge in [0.15, 0.2) is 0 Å². The molecule has 1 amide bonds. The van der Waals surface area contributed by atoms with Crippen molar-refractivity contribution in [2.75, 3.05) is 19.4 Å². The van der Waals surface area contributed by atoms with Gasteiger partial charge in [0.2, 0.25) is 0 Å². The van der Waals surface area contributed by atoms with Crippen LogP contribution < -0.4 is 10.6 Å². The summed E-state index contributed by atoms with van der Waals surface area (Å²) in [4.78, 5) is 13.8. The van der Waals surface area contributed by atoms with Crippen LogP contribution in [0.4, 0.5) is 19.3 Å². The molecule has 0 bridgehead atoms. The van der Waals surface area contributed by atoms with E-state index >= 15 is 0 Å². The van der Waals surface area contributed by atoms with Gasteiger partial charge >= 0.3 is 6.09 Å². The summed E-state index contributed by atoms with van der Waals surface area (Å²) in [6.07, 6.45) is -1.06. The molecule has 1 rings (SSSR count). The summed E-state index contributed by atoms with van der Waals surface area (Å²) >= 11 is 0. The van der Waals surface area contributed by atoms with E-state index in [-0.39, 0.29) is 6.04 Å². The van der Waals surface area contributed by atoms with Gasteiger partial charge in [0.1, 0.15) is 29.2 Å². The van der Waals surface area contributed by atoms with E-state index in [9.17, 15) is 18.7 Å². The molecule has 0 aliphatic rings. The molecular weight excluding hydrogens is 368 g/mol. The molecular formula is C20H33F2N3O3. The molecule has 8 heteroatoms. The van der Waals surface area contributed by atoms with Crippen LogP contribution in [0.5, 0.6) is 0 Å². The van der Waals surface area contributed by atoms with Crippen LogP contribution in [0.3, 0.4) is 0 Å². The number of alkyl carbamates (subject to hydrolysis) is 1. The third kappa shape index (κ3) is 7.24. The van der Waals surface area contributed by atoms with Crippen LogP contribution in [-0.4, -0.2) is 48.1 Å². The van der Waals surface area contributed by atoms with E-state index in [0.717, 1.165) is 0 Å². The maximum atomic E-state index is 14.5. The van der Waals surface area contributed by atoms with Crippen LogP contribution in [0.15, 0.2) is 12.1 Å². The first-order chi connectivity index (χ1) is 12.9. The van der Waals surface area contributed by atoms with Gasteiger partial charge in [0.05, 0.1) is 6.04 Å². The number of aliphatic hydroxyl groups is 1. The molecule has 0 aliphatic carbocycles. The van der Waals surface area contributed by atoms with Crippen molar-refractivity contribution < 1.29 is 23.4 Å². The Labute approximate surface area is 166 Å². The SMILES string of the molecule is CCC[C@H](NC(=O)OC(C)(C)C)C(O)Nc1c(F)cc([C@@H](C)N(C)C)cc1F. The molecule has 6 nitrogen and oxygen atoms in total. The van der Waals surface area contributed by atoms with E-state index in [2.05, 4.69) is 10.6 Å². The van der Waals surface area contributed by atoms with Gasteiger partial charge in [-0.1, -0.05) is 13.3 Å². The minimum atomic E-state index is -1.39. The molecule has 0 fully saturated rings. The van der Waals surface area contributed by atoms with Crippen LogP contribution in [0.1, 0.15) is 59.1 Å². The summed E-state index contributed by atoms with van der Waals surface area (Å²) in [5, 5.41) is 15.4. The van der Waals surface area contributed by atoms with Crippen molar-refractivity contribution in [1.82, 2.24) is 10.2 Å². The minimum absolute atomic E-state index is 0.176. The maximum absolute atomic E-state index is 14.5. The van der Waals surface area contributed by atoms with Crippen molar-refractivity contribution in [3.8, 4) is 0 Å². The number of rotatable bonds is 8. The van der Waals surface area contributed by atoms with Gasteiger partial charge < -0.3 is 25.4 Å². The Kier molecular flexibility index (Phi) is 8.63. The standard InChI is InChI=1S/C20H33F2N3O3/c1-8-9-16(23-19(27)28-20(3,4)5)18(26)24-17-14(21)10-13(11-15(17)22)12(2)25(6)7/h10-12,16,18,24,26H,8-9H2,1-7H3,(H,23,27)/t12-,16+,18?/m1/s1. The van der Waals surface area contributed by atoms with Gasteiger partial charge in [-0.15, -0.1) is 0 Å². The number of aliphatic hydroxyl groups excluding tert-OH is 1. The largest absolute Gasteiger partial charge is 0.444 e. The van der Waals surface area contributed by atoms with Crippen LogP contribution in [0.25, 0.3) is 0 Å². The van der Waals surface area contributed by atoms with Crippen molar-refractivity contribution >= 4 is 11.8 Å². The van der Waals surface area contributed by atoms with Crippen molar-refractivity contribution in [3.05, 3.63) is 29.3 Å². The molecule has 0 heterocycles. The first kappa shape index (κ1) is 24.1. The number of halogens is 2. The highest BCUT2D eigenvalue weighted by Crippen LogP contribution is 2.27. The van der Waals surface area contributed by atoms with Gasteiger partial charge in [-0.3, -0.25) is 0 Å². The lowest BCUT2D eigenvalue weighted by Crippen LogP contribution is -2.48. The molecule has 160 valence electrons. The Bertz CT molecular complexity index is 640. The maximum Gasteiger partial charge on any atom is 0.408 e. The number of nitrogens with zero attached hydrogens (tertiary/aromatic N) is 1. The highest BCUT2D eigenvalue weighted by atomic mass is 19.1. The fourth-order valence-corrected chi connectivity index (χ4v) is 2.60. The predicted octanol–water partition coefficient (Wildman–Crippen LogP) is 4.01. The lowest BCUT2D eigenvalue weighted by atomic mass is 10.1. The smallest absolute Gasteiger partial charge is 0.408 e. The quantitative estimate of drug-likeness (QED) is 0.574. The molecule has 3 atom stereocenters. The molecule has 0 saturated carbocycles. The summed E-state index contributed by atoms with van der Waals surface area (Å²) in [5.41, 5.74) is -0.650. The summed E-state index contributed by atoms with van der Waals surface area (Å²) < 4.78 is 34.2.